The van der Waals surface area contributed by atoms with Crippen LogP contribution in [0.4, 0.5) is 5.69 Å². The van der Waals surface area contributed by atoms with Crippen LogP contribution in [0.5, 0.6) is 0 Å². The number of aromatic carboxylic acids is 1. The van der Waals surface area contributed by atoms with Crippen LogP contribution in [0.25, 0.3) is 43.1 Å². The van der Waals surface area contributed by atoms with Gasteiger partial charge in [-0.25, -0.2) is 9.86 Å². The molecule has 360 valence electrons. The number of amides is 3. The predicted molar refractivity (Wildman–Crippen MR) is 274 cm³/mol. The molecular formula is C57H59N5O8. The number of imide groups is 1. The van der Waals surface area contributed by atoms with Gasteiger partial charge in [0.1, 0.15) is 11.8 Å². The number of carboxylic acid groups (broad SMARTS) is 1. The SMILES string of the molecule is CCCCCCC(CCCCCC)N=C(N)c1cc(C(=O)O)c2c3ccc4c5c(ccc(c6ccc(C(=O)NCc7ccc(C8C(C(=O)OC)C(C)ON8c8ccccc8)cc7)c1c62)c53)C(=O)NC4=O. The molecule has 0 aromatic heterocycles. The van der Waals surface area contributed by atoms with Gasteiger partial charge in [0.15, 0.2) is 0 Å². The van der Waals surface area contributed by atoms with Crippen LogP contribution in [-0.2, 0) is 20.9 Å². The number of carbonyl (C=O) groups excluding carboxylic acids is 4. The fraction of sp³-hybridized carbons (Fsp3) is 0.333. The van der Waals surface area contributed by atoms with Gasteiger partial charge in [-0.05, 0) is 94.2 Å². The zero-order valence-corrected chi connectivity index (χ0v) is 40.1. The number of hydrogen-bond acceptors (Lipinski definition) is 9. The van der Waals surface area contributed by atoms with Gasteiger partial charge < -0.3 is 20.9 Å². The third-order valence-electron chi connectivity index (χ3n) is 14.2. The van der Waals surface area contributed by atoms with Crippen molar-refractivity contribution >= 4 is 84.3 Å². The van der Waals surface area contributed by atoms with Crippen molar-refractivity contribution in [1.29, 1.82) is 0 Å². The molecule has 7 aromatic rings. The van der Waals surface area contributed by atoms with E-state index in [4.69, 9.17) is 20.3 Å². The number of nitrogens with one attached hydrogen (secondary N) is 2. The number of anilines is 1. The summed E-state index contributed by atoms with van der Waals surface area (Å²) in [6, 6.07) is 28.6. The Kier molecular flexibility index (Phi) is 13.8. The summed E-state index contributed by atoms with van der Waals surface area (Å²) in [6.07, 6.45) is 9.77. The second-order valence-electron chi connectivity index (χ2n) is 18.7. The van der Waals surface area contributed by atoms with E-state index in [1.807, 2.05) is 67.6 Å². The van der Waals surface area contributed by atoms with Crippen molar-refractivity contribution in [2.24, 2.45) is 16.6 Å². The first-order chi connectivity index (χ1) is 33.9. The van der Waals surface area contributed by atoms with Gasteiger partial charge in [0.25, 0.3) is 17.7 Å². The topological polar surface area (TPSA) is 190 Å². The molecule has 3 amide bonds. The van der Waals surface area contributed by atoms with Crippen LogP contribution in [0.2, 0.25) is 0 Å². The Morgan fingerprint density at radius 3 is 2.00 bits per heavy atom. The van der Waals surface area contributed by atoms with Crippen molar-refractivity contribution in [1.82, 2.24) is 10.6 Å². The Morgan fingerprint density at radius 1 is 0.743 bits per heavy atom. The Labute approximate surface area is 406 Å². The maximum Gasteiger partial charge on any atom is 0.336 e. The van der Waals surface area contributed by atoms with Gasteiger partial charge in [-0.3, -0.25) is 34.3 Å². The first kappa shape index (κ1) is 47.7. The number of hydroxylamine groups is 1. The average molecular weight is 942 g/mol. The number of rotatable bonds is 19. The van der Waals surface area contributed by atoms with E-state index in [-0.39, 0.29) is 35.5 Å². The number of nitrogens with two attached hydrogens (primary N) is 1. The monoisotopic (exact) mass is 941 g/mol. The van der Waals surface area contributed by atoms with Gasteiger partial charge in [-0.2, -0.15) is 0 Å². The average Bonchev–Trinajstić information content (AvgIpc) is 3.72. The van der Waals surface area contributed by atoms with Crippen LogP contribution in [0.1, 0.15) is 149 Å². The van der Waals surface area contributed by atoms with Crippen molar-refractivity contribution in [2.45, 2.75) is 110 Å². The molecule has 13 nitrogen and oxygen atoms in total. The quantitative estimate of drug-likeness (QED) is 0.0115. The van der Waals surface area contributed by atoms with Crippen LogP contribution >= 0.6 is 0 Å². The van der Waals surface area contributed by atoms with Crippen LogP contribution < -0.4 is 21.4 Å². The number of methoxy groups -OCH3 is 1. The zero-order chi connectivity index (χ0) is 49.2. The molecule has 0 radical (unpaired) electrons. The first-order valence-corrected chi connectivity index (χ1v) is 24.6. The number of unbranched alkanes of at least 4 members (excludes halogenated alkanes) is 6. The zero-order valence-electron chi connectivity index (χ0n) is 40.1. The molecule has 0 aliphatic carbocycles. The van der Waals surface area contributed by atoms with Crippen LogP contribution in [0.3, 0.4) is 0 Å². The molecule has 0 saturated carbocycles. The lowest BCUT2D eigenvalue weighted by Crippen LogP contribution is -2.34. The summed E-state index contributed by atoms with van der Waals surface area (Å²) < 4.78 is 5.23. The highest BCUT2D eigenvalue weighted by atomic mass is 16.7. The van der Waals surface area contributed by atoms with Gasteiger partial charge in [-0.1, -0.05) is 126 Å². The van der Waals surface area contributed by atoms with Crippen molar-refractivity contribution in [3.8, 4) is 0 Å². The molecule has 3 unspecified atom stereocenters. The number of aliphatic imine (C=N–C) groups is 1. The van der Waals surface area contributed by atoms with E-state index < -0.39 is 41.8 Å². The normalized spacial score (nSPS) is 17.1. The highest BCUT2D eigenvalue weighted by Crippen LogP contribution is 2.47. The van der Waals surface area contributed by atoms with E-state index in [2.05, 4.69) is 24.5 Å². The Balaban J connectivity index is 1.15. The summed E-state index contributed by atoms with van der Waals surface area (Å²) in [5.74, 6) is -3.50. The molecule has 13 heteroatoms. The predicted octanol–water partition coefficient (Wildman–Crippen LogP) is 10.9. The molecule has 9 rings (SSSR count). The van der Waals surface area contributed by atoms with E-state index in [0.29, 0.717) is 59.8 Å². The van der Waals surface area contributed by atoms with E-state index >= 15 is 0 Å². The Bertz CT molecular complexity index is 3150. The maximum atomic E-state index is 14.8. The maximum absolute atomic E-state index is 14.8. The van der Waals surface area contributed by atoms with Crippen molar-refractivity contribution in [3.63, 3.8) is 0 Å². The minimum atomic E-state index is -1.20. The van der Waals surface area contributed by atoms with Gasteiger partial charge in [0, 0.05) is 45.0 Å². The largest absolute Gasteiger partial charge is 0.478 e. The number of hydrogen-bond donors (Lipinski definition) is 4. The molecule has 2 aliphatic heterocycles. The second kappa shape index (κ2) is 20.3. The van der Waals surface area contributed by atoms with Crippen LogP contribution in [-0.4, -0.2) is 59.9 Å². The number of amidine groups is 1. The fourth-order valence-corrected chi connectivity index (χ4v) is 10.7. The summed E-state index contributed by atoms with van der Waals surface area (Å²) in [4.78, 5) is 79.3. The molecule has 2 heterocycles. The number of esters is 1. The third-order valence-corrected chi connectivity index (χ3v) is 14.2. The van der Waals surface area contributed by atoms with E-state index in [1.165, 1.54) is 13.2 Å². The summed E-state index contributed by atoms with van der Waals surface area (Å²) in [5, 5.41) is 22.6. The molecule has 5 N–H and O–H groups in total. The summed E-state index contributed by atoms with van der Waals surface area (Å²) >= 11 is 0. The lowest BCUT2D eigenvalue weighted by atomic mass is 9.81. The minimum Gasteiger partial charge on any atom is -0.478 e. The van der Waals surface area contributed by atoms with Crippen LogP contribution in [0.15, 0.2) is 102 Å². The number of nitrogens with zero attached hydrogens (tertiary/aromatic N) is 2. The van der Waals surface area contributed by atoms with Gasteiger partial charge in [0.05, 0.1) is 36.5 Å². The number of benzene rings is 7. The molecule has 0 bridgehead atoms. The Hall–Kier alpha value is -7.38. The number of para-hydroxylation sites is 1. The molecule has 1 fully saturated rings. The van der Waals surface area contributed by atoms with Crippen molar-refractivity contribution < 1.29 is 38.7 Å². The molecule has 70 heavy (non-hydrogen) atoms. The van der Waals surface area contributed by atoms with Gasteiger partial charge in [-0.15, -0.1) is 0 Å². The first-order valence-electron chi connectivity index (χ1n) is 24.6. The third kappa shape index (κ3) is 8.78. The molecule has 2 aliphatic rings. The molecule has 7 aromatic carbocycles. The molecule has 3 atom stereocenters. The number of ether oxygens (including phenoxy) is 1. The van der Waals surface area contributed by atoms with Crippen LogP contribution in [0, 0.1) is 5.92 Å². The van der Waals surface area contributed by atoms with Crippen molar-refractivity contribution in [3.05, 3.63) is 136 Å². The smallest absolute Gasteiger partial charge is 0.336 e. The molecule has 1 saturated heterocycles. The summed E-state index contributed by atoms with van der Waals surface area (Å²) in [7, 11) is 1.37. The second-order valence-corrected chi connectivity index (χ2v) is 18.7. The molecule has 0 spiro atoms. The van der Waals surface area contributed by atoms with Crippen molar-refractivity contribution in [2.75, 3.05) is 12.2 Å². The highest BCUT2D eigenvalue weighted by Gasteiger charge is 2.47. The van der Waals surface area contributed by atoms with E-state index in [0.717, 1.165) is 81.0 Å². The standard InChI is InChI=1S/C57H59N5O8/c1-5-7-9-12-16-35(17-13-10-8-6-2)60-52(58)43-30-44(56(66)67)47-39-26-29-42-48-41(54(64)61-55(42)65)28-24-37(46(39)48)38-25-27-40(49(43)50(38)47)53(63)59-31-33-20-22-34(23-21-33)51-45(57(68)69-4)32(3)70-62(51)36-18-14-11-15-19-36/h11,14-15,18-30,32,35,45,51H,5-10,12-13,16-17,31H2,1-4H3,(H2,58,60)(H,59,63)(H,66,67)(H,61,64,65). The molecular weight excluding hydrogens is 883 g/mol. The fourth-order valence-electron chi connectivity index (χ4n) is 10.7. The summed E-state index contributed by atoms with van der Waals surface area (Å²) in [5.41, 5.74) is 10.8. The van der Waals surface area contributed by atoms with Gasteiger partial charge >= 0.3 is 11.9 Å². The van der Waals surface area contributed by atoms with E-state index in [1.54, 1.807) is 35.4 Å². The summed E-state index contributed by atoms with van der Waals surface area (Å²) in [6.45, 7) is 6.35. The lowest BCUT2D eigenvalue weighted by Gasteiger charge is -2.27. The Morgan fingerprint density at radius 2 is 1.37 bits per heavy atom. The highest BCUT2D eigenvalue weighted by molar-refractivity contribution is 6.42. The number of fused-ring (bicyclic) bond motifs is 2. The minimum absolute atomic E-state index is 0.0396. The number of carboxylic acids is 1. The van der Waals surface area contributed by atoms with E-state index in [9.17, 15) is 29.1 Å². The number of carbonyl (C=O) groups is 5. The lowest BCUT2D eigenvalue weighted by molar-refractivity contribution is -0.147. The van der Waals surface area contributed by atoms with Gasteiger partial charge in [0.2, 0.25) is 0 Å².